The highest BCUT2D eigenvalue weighted by atomic mass is 16.6. The average Bonchev–Trinajstić information content (AvgIpc) is 3.01. The lowest BCUT2D eigenvalue weighted by molar-refractivity contribution is -0.384. The lowest BCUT2D eigenvalue weighted by Gasteiger charge is -2.06. The maximum absolute atomic E-state index is 10.7. The Bertz CT molecular complexity index is 383. The molecule has 2 rings (SSSR count). The SMILES string of the molecule is CCc1ccc([N+](=O)[O-])cc1CC1CC1. The van der Waals surface area contributed by atoms with Crippen molar-refractivity contribution >= 4 is 5.69 Å². The molecule has 1 aliphatic rings. The fourth-order valence-electron chi connectivity index (χ4n) is 1.89. The van der Waals surface area contributed by atoms with Crippen LogP contribution >= 0.6 is 0 Å². The van der Waals surface area contributed by atoms with Gasteiger partial charge >= 0.3 is 0 Å². The fourth-order valence-corrected chi connectivity index (χ4v) is 1.89. The molecule has 0 atom stereocenters. The molecule has 1 saturated carbocycles. The van der Waals surface area contributed by atoms with Crippen molar-refractivity contribution in [2.45, 2.75) is 32.6 Å². The average molecular weight is 205 g/mol. The van der Waals surface area contributed by atoms with Crippen molar-refractivity contribution in [2.75, 3.05) is 0 Å². The van der Waals surface area contributed by atoms with Crippen molar-refractivity contribution < 1.29 is 4.92 Å². The number of benzene rings is 1. The zero-order valence-electron chi connectivity index (χ0n) is 8.90. The van der Waals surface area contributed by atoms with Crippen LogP contribution in [0.1, 0.15) is 30.9 Å². The van der Waals surface area contributed by atoms with Crippen LogP contribution in [-0.4, -0.2) is 4.92 Å². The van der Waals surface area contributed by atoms with E-state index in [1.807, 2.05) is 6.07 Å². The van der Waals surface area contributed by atoms with Gasteiger partial charge in [0.1, 0.15) is 0 Å². The number of aryl methyl sites for hydroxylation is 1. The van der Waals surface area contributed by atoms with Gasteiger partial charge in [-0.05, 0) is 42.7 Å². The van der Waals surface area contributed by atoms with E-state index in [0.29, 0.717) is 0 Å². The molecule has 15 heavy (non-hydrogen) atoms. The Morgan fingerprint density at radius 1 is 1.40 bits per heavy atom. The molecule has 80 valence electrons. The molecule has 0 unspecified atom stereocenters. The molecular formula is C12H15NO2. The number of hydrogen-bond donors (Lipinski definition) is 0. The minimum Gasteiger partial charge on any atom is -0.258 e. The lowest BCUT2D eigenvalue weighted by Crippen LogP contribution is -1.97. The molecule has 0 N–H and O–H groups in total. The Balaban J connectivity index is 2.28. The first kappa shape index (κ1) is 10.1. The highest BCUT2D eigenvalue weighted by Crippen LogP contribution is 2.34. The van der Waals surface area contributed by atoms with E-state index in [1.165, 1.54) is 24.0 Å². The fraction of sp³-hybridized carbons (Fsp3) is 0.500. The van der Waals surface area contributed by atoms with Crippen molar-refractivity contribution in [1.82, 2.24) is 0 Å². The minimum atomic E-state index is -0.310. The number of nitro benzene ring substituents is 1. The van der Waals surface area contributed by atoms with Crippen molar-refractivity contribution in [3.05, 3.63) is 39.4 Å². The van der Waals surface area contributed by atoms with E-state index in [2.05, 4.69) is 6.92 Å². The maximum atomic E-state index is 10.7. The number of nitro groups is 1. The number of hydrogen-bond acceptors (Lipinski definition) is 2. The largest absolute Gasteiger partial charge is 0.269 e. The van der Waals surface area contributed by atoms with E-state index < -0.39 is 0 Å². The molecule has 1 aromatic carbocycles. The summed E-state index contributed by atoms with van der Waals surface area (Å²) in [6.45, 7) is 2.09. The van der Waals surface area contributed by atoms with E-state index in [0.717, 1.165) is 18.8 Å². The van der Waals surface area contributed by atoms with Gasteiger partial charge in [0.15, 0.2) is 0 Å². The summed E-state index contributed by atoms with van der Waals surface area (Å²) < 4.78 is 0. The van der Waals surface area contributed by atoms with Crippen molar-refractivity contribution in [2.24, 2.45) is 5.92 Å². The first-order valence-electron chi connectivity index (χ1n) is 5.47. The Hall–Kier alpha value is -1.38. The van der Waals surface area contributed by atoms with Gasteiger partial charge in [-0.2, -0.15) is 0 Å². The van der Waals surface area contributed by atoms with Crippen LogP contribution in [0.2, 0.25) is 0 Å². The second-order valence-electron chi connectivity index (χ2n) is 4.21. The number of nitrogens with zero attached hydrogens (tertiary/aromatic N) is 1. The number of rotatable bonds is 4. The van der Waals surface area contributed by atoms with Crippen LogP contribution in [0, 0.1) is 16.0 Å². The van der Waals surface area contributed by atoms with Crippen molar-refractivity contribution in [1.29, 1.82) is 0 Å². The summed E-state index contributed by atoms with van der Waals surface area (Å²) in [5.41, 5.74) is 2.66. The van der Waals surface area contributed by atoms with Gasteiger partial charge in [0.05, 0.1) is 4.92 Å². The molecule has 1 aromatic rings. The molecule has 0 bridgehead atoms. The second-order valence-corrected chi connectivity index (χ2v) is 4.21. The molecule has 0 aromatic heterocycles. The highest BCUT2D eigenvalue weighted by molar-refractivity contribution is 5.40. The summed E-state index contributed by atoms with van der Waals surface area (Å²) in [5, 5.41) is 10.7. The molecule has 0 aliphatic heterocycles. The van der Waals surface area contributed by atoms with Gasteiger partial charge in [0.25, 0.3) is 5.69 Å². The van der Waals surface area contributed by atoms with Gasteiger partial charge in [-0.25, -0.2) is 0 Å². The normalized spacial score (nSPS) is 15.3. The first-order valence-corrected chi connectivity index (χ1v) is 5.47. The standard InChI is InChI=1S/C12H15NO2/c1-2-10-5-6-12(13(14)15)8-11(10)7-9-3-4-9/h5-6,8-9H,2-4,7H2,1H3. The predicted molar refractivity (Wildman–Crippen MR) is 58.9 cm³/mol. The second kappa shape index (κ2) is 4.01. The van der Waals surface area contributed by atoms with Gasteiger partial charge in [0, 0.05) is 12.1 Å². The molecule has 0 spiro atoms. The third kappa shape index (κ3) is 2.35. The smallest absolute Gasteiger partial charge is 0.258 e. The Morgan fingerprint density at radius 2 is 2.13 bits per heavy atom. The Labute approximate surface area is 89.3 Å². The van der Waals surface area contributed by atoms with Gasteiger partial charge in [-0.1, -0.05) is 13.0 Å². The topological polar surface area (TPSA) is 43.1 Å². The van der Waals surface area contributed by atoms with Gasteiger partial charge in [-0.15, -0.1) is 0 Å². The van der Waals surface area contributed by atoms with Gasteiger partial charge in [-0.3, -0.25) is 10.1 Å². The monoisotopic (exact) mass is 205 g/mol. The lowest BCUT2D eigenvalue weighted by atomic mass is 9.99. The van der Waals surface area contributed by atoms with E-state index in [1.54, 1.807) is 12.1 Å². The summed E-state index contributed by atoms with van der Waals surface area (Å²) in [4.78, 5) is 10.4. The quantitative estimate of drug-likeness (QED) is 0.560. The number of non-ortho nitro benzene ring substituents is 1. The summed E-state index contributed by atoms with van der Waals surface area (Å²) in [5.74, 6) is 0.775. The summed E-state index contributed by atoms with van der Waals surface area (Å²) in [6, 6.07) is 5.25. The molecule has 1 fully saturated rings. The molecule has 1 aliphatic carbocycles. The first-order chi connectivity index (χ1) is 7.20. The maximum Gasteiger partial charge on any atom is 0.269 e. The predicted octanol–water partition coefficient (Wildman–Crippen LogP) is 3.11. The summed E-state index contributed by atoms with van der Waals surface area (Å²) >= 11 is 0. The molecular weight excluding hydrogens is 190 g/mol. The minimum absolute atomic E-state index is 0.225. The van der Waals surface area contributed by atoms with Crippen molar-refractivity contribution in [3.63, 3.8) is 0 Å². The van der Waals surface area contributed by atoms with E-state index in [4.69, 9.17) is 0 Å². The van der Waals surface area contributed by atoms with Gasteiger partial charge < -0.3 is 0 Å². The Kier molecular flexibility index (Phi) is 2.71. The van der Waals surface area contributed by atoms with Crippen LogP contribution < -0.4 is 0 Å². The van der Waals surface area contributed by atoms with Crippen LogP contribution in [0.5, 0.6) is 0 Å². The van der Waals surface area contributed by atoms with Crippen molar-refractivity contribution in [3.8, 4) is 0 Å². The molecule has 0 radical (unpaired) electrons. The van der Waals surface area contributed by atoms with Crippen LogP contribution in [-0.2, 0) is 12.8 Å². The van der Waals surface area contributed by atoms with E-state index in [-0.39, 0.29) is 10.6 Å². The zero-order chi connectivity index (χ0) is 10.8. The molecule has 0 heterocycles. The highest BCUT2D eigenvalue weighted by Gasteiger charge is 2.23. The third-order valence-corrected chi connectivity index (χ3v) is 2.99. The third-order valence-electron chi connectivity index (χ3n) is 2.99. The zero-order valence-corrected chi connectivity index (χ0v) is 8.90. The molecule has 3 heteroatoms. The Morgan fingerprint density at radius 3 is 2.67 bits per heavy atom. The molecule has 0 saturated heterocycles. The van der Waals surface area contributed by atoms with E-state index >= 15 is 0 Å². The van der Waals surface area contributed by atoms with Crippen LogP contribution in [0.3, 0.4) is 0 Å². The molecule has 3 nitrogen and oxygen atoms in total. The van der Waals surface area contributed by atoms with E-state index in [9.17, 15) is 10.1 Å². The summed E-state index contributed by atoms with van der Waals surface area (Å²) in [6.07, 6.45) is 4.54. The van der Waals surface area contributed by atoms with Gasteiger partial charge in [0.2, 0.25) is 0 Å². The van der Waals surface area contributed by atoms with Crippen LogP contribution in [0.15, 0.2) is 18.2 Å². The summed E-state index contributed by atoms with van der Waals surface area (Å²) in [7, 11) is 0. The molecule has 0 amide bonds. The van der Waals surface area contributed by atoms with Crippen LogP contribution in [0.25, 0.3) is 0 Å². The van der Waals surface area contributed by atoms with Crippen LogP contribution in [0.4, 0.5) is 5.69 Å².